The summed E-state index contributed by atoms with van der Waals surface area (Å²) in [5.74, 6) is -2.34. The van der Waals surface area contributed by atoms with Gasteiger partial charge < -0.3 is 20.7 Å². The van der Waals surface area contributed by atoms with Gasteiger partial charge in [0, 0.05) is 36.8 Å². The van der Waals surface area contributed by atoms with E-state index < -0.39 is 23.6 Å². The number of hydrogen-bond donors (Lipinski definition) is 3. The van der Waals surface area contributed by atoms with Crippen LogP contribution in [-0.4, -0.2) is 28.2 Å². The average Bonchev–Trinajstić information content (AvgIpc) is 3.25. The van der Waals surface area contributed by atoms with Crippen molar-refractivity contribution >= 4 is 16.9 Å². The maximum Gasteiger partial charge on any atom is 0.337 e. The van der Waals surface area contributed by atoms with Crippen molar-refractivity contribution in [3.63, 3.8) is 0 Å². The highest BCUT2D eigenvalue weighted by Crippen LogP contribution is 2.26. The molecule has 2 atom stereocenters. The molecule has 35 heavy (non-hydrogen) atoms. The first kappa shape index (κ1) is 24.6. The van der Waals surface area contributed by atoms with E-state index in [0.29, 0.717) is 24.2 Å². The smallest absolute Gasteiger partial charge is 0.337 e. The topological polar surface area (TPSA) is 80.3 Å². The fourth-order valence-corrected chi connectivity index (χ4v) is 4.59. The molecule has 5 nitrogen and oxygen atoms in total. The summed E-state index contributed by atoms with van der Waals surface area (Å²) in [6.45, 7) is 3.15. The molecule has 4 N–H and O–H groups in total. The average molecular weight is 478 g/mol. The fourth-order valence-electron chi connectivity index (χ4n) is 4.59. The van der Waals surface area contributed by atoms with Gasteiger partial charge in [0.05, 0.1) is 17.1 Å². The number of rotatable bonds is 10. The van der Waals surface area contributed by atoms with E-state index in [1.165, 1.54) is 17.7 Å². The van der Waals surface area contributed by atoms with Crippen LogP contribution in [0.1, 0.15) is 40.0 Å². The van der Waals surface area contributed by atoms with Gasteiger partial charge in [0.2, 0.25) is 0 Å². The van der Waals surface area contributed by atoms with E-state index >= 15 is 0 Å². The number of carboxylic acid groups (broad SMARTS) is 1. The molecule has 0 bridgehead atoms. The molecule has 0 spiro atoms. The first-order chi connectivity index (χ1) is 16.9. The second-order valence-corrected chi connectivity index (χ2v) is 8.79. The number of carbonyl (C=O) groups is 1. The lowest BCUT2D eigenvalue weighted by Gasteiger charge is -2.28. The molecule has 3 aromatic carbocycles. The lowest BCUT2D eigenvalue weighted by Crippen LogP contribution is -2.40. The predicted molar refractivity (Wildman–Crippen MR) is 133 cm³/mol. The number of nitrogens with two attached hydrogens (primary N) is 1. The van der Waals surface area contributed by atoms with Crippen molar-refractivity contribution in [1.29, 1.82) is 0 Å². The zero-order valence-electron chi connectivity index (χ0n) is 19.5. The van der Waals surface area contributed by atoms with Gasteiger partial charge in [0.15, 0.2) is 0 Å². The van der Waals surface area contributed by atoms with Crippen molar-refractivity contribution in [3.8, 4) is 0 Å². The van der Waals surface area contributed by atoms with Gasteiger partial charge in [-0.1, -0.05) is 43.3 Å². The number of nitrogens with zero attached hydrogens (tertiary/aromatic N) is 1. The molecule has 1 aromatic heterocycles. The summed E-state index contributed by atoms with van der Waals surface area (Å²) in [5, 5.41) is 14.0. The largest absolute Gasteiger partial charge is 0.478 e. The van der Waals surface area contributed by atoms with Crippen LogP contribution in [0.25, 0.3) is 10.9 Å². The summed E-state index contributed by atoms with van der Waals surface area (Å²) < 4.78 is 29.5. The minimum absolute atomic E-state index is 0.178. The summed E-state index contributed by atoms with van der Waals surface area (Å²) in [7, 11) is 0. The Balaban J connectivity index is 1.65. The van der Waals surface area contributed by atoms with Crippen LogP contribution in [0.5, 0.6) is 0 Å². The molecular weight excluding hydrogens is 448 g/mol. The minimum atomic E-state index is -1.03. The normalized spacial score (nSPS) is 13.1. The van der Waals surface area contributed by atoms with Crippen molar-refractivity contribution in [2.24, 2.45) is 5.73 Å². The number of carboxylic acids is 1. The van der Waals surface area contributed by atoms with Gasteiger partial charge >= 0.3 is 5.97 Å². The van der Waals surface area contributed by atoms with E-state index in [1.807, 2.05) is 35.0 Å². The number of nitrogens with one attached hydrogen (secondary N) is 1. The Labute approximate surface area is 203 Å². The number of aromatic nitrogens is 1. The van der Waals surface area contributed by atoms with Crippen LogP contribution >= 0.6 is 0 Å². The lowest BCUT2D eigenvalue weighted by molar-refractivity contribution is 0.0698. The van der Waals surface area contributed by atoms with E-state index in [0.717, 1.165) is 23.4 Å². The van der Waals surface area contributed by atoms with Crippen molar-refractivity contribution in [2.45, 2.75) is 38.4 Å². The number of benzene rings is 3. The predicted octanol–water partition coefficient (Wildman–Crippen LogP) is 5.08. The van der Waals surface area contributed by atoms with Gasteiger partial charge in [-0.15, -0.1) is 0 Å². The van der Waals surface area contributed by atoms with Gasteiger partial charge in [-0.05, 0) is 53.8 Å². The molecular formula is C28H29F2N3O2. The molecule has 0 unspecified atom stereocenters. The standard InChI is InChI=1S/C28H29F2N3O2/c1-2-18-5-3-6-19(11-18)16-32-17-26(25(31)14-20-12-22(29)15-23(30)13-20)33-10-9-21-7-4-8-24(27(21)33)28(34)35/h3-13,15,25-26,32H,2,14,16-17,31H2,1H3,(H,34,35)/t25-,26+/m0/s1. The van der Waals surface area contributed by atoms with Crippen LogP contribution in [-0.2, 0) is 19.4 Å². The highest BCUT2D eigenvalue weighted by molar-refractivity contribution is 6.02. The minimum Gasteiger partial charge on any atom is -0.478 e. The Hall–Kier alpha value is -3.55. The first-order valence-corrected chi connectivity index (χ1v) is 11.7. The molecule has 0 saturated heterocycles. The quantitative estimate of drug-likeness (QED) is 0.298. The summed E-state index contributed by atoms with van der Waals surface area (Å²) in [4.78, 5) is 11.9. The van der Waals surface area contributed by atoms with Crippen molar-refractivity contribution in [3.05, 3.63) is 107 Å². The van der Waals surface area contributed by atoms with Gasteiger partial charge in [-0.2, -0.15) is 0 Å². The summed E-state index contributed by atoms with van der Waals surface area (Å²) >= 11 is 0. The van der Waals surface area contributed by atoms with Crippen LogP contribution < -0.4 is 11.1 Å². The van der Waals surface area contributed by atoms with Crippen LogP contribution in [0.3, 0.4) is 0 Å². The van der Waals surface area contributed by atoms with Crippen molar-refractivity contribution < 1.29 is 18.7 Å². The van der Waals surface area contributed by atoms with E-state index in [2.05, 4.69) is 24.4 Å². The molecule has 0 aliphatic rings. The highest BCUT2D eigenvalue weighted by atomic mass is 19.1. The maximum atomic E-state index is 13.8. The zero-order chi connectivity index (χ0) is 24.9. The molecule has 182 valence electrons. The monoisotopic (exact) mass is 477 g/mol. The van der Waals surface area contributed by atoms with E-state index in [1.54, 1.807) is 12.1 Å². The molecule has 0 radical (unpaired) electrons. The maximum absolute atomic E-state index is 13.8. The number of aryl methyl sites for hydroxylation is 1. The molecule has 1 heterocycles. The third kappa shape index (κ3) is 5.75. The first-order valence-electron chi connectivity index (χ1n) is 11.7. The third-order valence-electron chi connectivity index (χ3n) is 6.30. The van der Waals surface area contributed by atoms with Gasteiger partial charge in [0.25, 0.3) is 0 Å². The second kappa shape index (κ2) is 10.8. The number of para-hydroxylation sites is 1. The Morgan fingerprint density at radius 1 is 1.00 bits per heavy atom. The number of halogens is 2. The molecule has 0 saturated carbocycles. The van der Waals surface area contributed by atoms with E-state index in [-0.39, 0.29) is 18.0 Å². The Bertz CT molecular complexity index is 1310. The molecule has 0 aliphatic carbocycles. The molecule has 4 rings (SSSR count). The van der Waals surface area contributed by atoms with E-state index in [4.69, 9.17) is 5.73 Å². The molecule has 4 aromatic rings. The molecule has 0 aliphatic heterocycles. The third-order valence-corrected chi connectivity index (χ3v) is 6.30. The summed E-state index contributed by atoms with van der Waals surface area (Å²) in [5.41, 5.74) is 10.2. The van der Waals surface area contributed by atoms with Gasteiger partial charge in [-0.25, -0.2) is 13.6 Å². The lowest BCUT2D eigenvalue weighted by atomic mass is 9.99. The van der Waals surface area contributed by atoms with Crippen LogP contribution in [0.2, 0.25) is 0 Å². The second-order valence-electron chi connectivity index (χ2n) is 8.79. The highest BCUT2D eigenvalue weighted by Gasteiger charge is 2.24. The van der Waals surface area contributed by atoms with E-state index in [9.17, 15) is 18.7 Å². The number of fused-ring (bicyclic) bond motifs is 1. The Morgan fingerprint density at radius 2 is 1.71 bits per heavy atom. The molecule has 0 fully saturated rings. The molecule has 0 amide bonds. The van der Waals surface area contributed by atoms with Crippen molar-refractivity contribution in [1.82, 2.24) is 9.88 Å². The Kier molecular flexibility index (Phi) is 7.58. The zero-order valence-corrected chi connectivity index (χ0v) is 19.5. The van der Waals surface area contributed by atoms with Gasteiger partial charge in [-0.3, -0.25) is 0 Å². The molecule has 7 heteroatoms. The summed E-state index contributed by atoms with van der Waals surface area (Å²) in [6.07, 6.45) is 2.99. The number of hydrogen-bond acceptors (Lipinski definition) is 3. The number of aromatic carboxylic acids is 1. The van der Waals surface area contributed by atoms with Gasteiger partial charge in [0.1, 0.15) is 11.6 Å². The van der Waals surface area contributed by atoms with Crippen molar-refractivity contribution in [2.75, 3.05) is 6.54 Å². The Morgan fingerprint density at radius 3 is 2.43 bits per heavy atom. The summed E-state index contributed by atoms with van der Waals surface area (Å²) in [6, 6.07) is 17.8. The van der Waals surface area contributed by atoms with Crippen LogP contribution in [0.15, 0.2) is 72.9 Å². The van der Waals surface area contributed by atoms with Crippen LogP contribution in [0.4, 0.5) is 8.78 Å². The SMILES string of the molecule is CCc1cccc(CNC[C@H]([C@@H](N)Cc2cc(F)cc(F)c2)n2ccc3cccc(C(=O)O)c32)c1. The fraction of sp³-hybridized carbons (Fsp3) is 0.250. The van der Waals surface area contributed by atoms with Crippen LogP contribution in [0, 0.1) is 11.6 Å².